The predicted molar refractivity (Wildman–Crippen MR) is 62.3 cm³/mol. The summed E-state index contributed by atoms with van der Waals surface area (Å²) in [5.41, 5.74) is 2.22. The monoisotopic (exact) mass is 201 g/mol. The molecule has 2 nitrogen and oxygen atoms in total. The zero-order valence-corrected chi connectivity index (χ0v) is 9.16. The van der Waals surface area contributed by atoms with Crippen LogP contribution in [0, 0.1) is 6.92 Å². The number of aromatic nitrogens is 1. The van der Waals surface area contributed by atoms with Crippen molar-refractivity contribution < 1.29 is 4.74 Å². The van der Waals surface area contributed by atoms with Gasteiger partial charge in [0.15, 0.2) is 0 Å². The Kier molecular flexibility index (Phi) is 2.86. The van der Waals surface area contributed by atoms with Gasteiger partial charge in [0.2, 0.25) is 0 Å². The smallest absolute Gasteiger partial charge is 0.128 e. The Morgan fingerprint density at radius 3 is 2.93 bits per heavy atom. The summed E-state index contributed by atoms with van der Waals surface area (Å²) in [6, 6.07) is 8.08. The van der Waals surface area contributed by atoms with Crippen LogP contribution in [0.25, 0.3) is 10.9 Å². The van der Waals surface area contributed by atoms with Crippen LogP contribution in [0.3, 0.4) is 0 Å². The Balaban J connectivity index is 2.51. The molecule has 1 aromatic heterocycles. The molecule has 0 bridgehead atoms. The van der Waals surface area contributed by atoms with E-state index < -0.39 is 0 Å². The summed E-state index contributed by atoms with van der Waals surface area (Å²) in [7, 11) is 0. The van der Waals surface area contributed by atoms with Crippen molar-refractivity contribution in [1.29, 1.82) is 0 Å². The molecule has 1 heterocycles. The van der Waals surface area contributed by atoms with Crippen molar-refractivity contribution >= 4 is 10.9 Å². The van der Waals surface area contributed by atoms with Crippen LogP contribution in [0.5, 0.6) is 5.75 Å². The number of benzene rings is 1. The van der Waals surface area contributed by atoms with E-state index in [1.165, 1.54) is 5.56 Å². The number of ether oxygens (including phenoxy) is 1. The van der Waals surface area contributed by atoms with Crippen LogP contribution in [-0.2, 0) is 0 Å². The standard InChI is InChI=1S/C13H15NO/c1-3-9-15-12-7-6-10(2)13-11(12)5-4-8-14-13/h4-8H,3,9H2,1-2H3. The van der Waals surface area contributed by atoms with Gasteiger partial charge in [-0.3, -0.25) is 4.98 Å². The van der Waals surface area contributed by atoms with Crippen LogP contribution in [0.4, 0.5) is 0 Å². The van der Waals surface area contributed by atoms with Gasteiger partial charge in [-0.15, -0.1) is 0 Å². The molecule has 78 valence electrons. The molecule has 0 fully saturated rings. The largest absolute Gasteiger partial charge is 0.493 e. The van der Waals surface area contributed by atoms with E-state index in [4.69, 9.17) is 4.74 Å². The number of pyridine rings is 1. The maximum absolute atomic E-state index is 5.68. The van der Waals surface area contributed by atoms with E-state index in [0.29, 0.717) is 0 Å². The molecule has 0 radical (unpaired) electrons. The molecule has 2 heteroatoms. The Morgan fingerprint density at radius 1 is 1.27 bits per heavy atom. The molecular formula is C13H15NO. The van der Waals surface area contributed by atoms with Gasteiger partial charge >= 0.3 is 0 Å². The lowest BCUT2D eigenvalue weighted by Crippen LogP contribution is -1.96. The highest BCUT2D eigenvalue weighted by Crippen LogP contribution is 2.26. The van der Waals surface area contributed by atoms with Gasteiger partial charge in [0.1, 0.15) is 5.75 Å². The number of rotatable bonds is 3. The van der Waals surface area contributed by atoms with Gasteiger partial charge < -0.3 is 4.74 Å². The topological polar surface area (TPSA) is 22.1 Å². The molecule has 0 aliphatic rings. The molecular weight excluding hydrogens is 186 g/mol. The van der Waals surface area contributed by atoms with E-state index in [0.717, 1.165) is 29.7 Å². The van der Waals surface area contributed by atoms with Crippen LogP contribution in [0.1, 0.15) is 18.9 Å². The summed E-state index contributed by atoms with van der Waals surface area (Å²) in [5.74, 6) is 0.936. The lowest BCUT2D eigenvalue weighted by Gasteiger charge is -2.09. The van der Waals surface area contributed by atoms with E-state index in [2.05, 4.69) is 31.0 Å². The molecule has 0 amide bonds. The first-order valence-electron chi connectivity index (χ1n) is 5.30. The van der Waals surface area contributed by atoms with Crippen LogP contribution in [0.2, 0.25) is 0 Å². The summed E-state index contributed by atoms with van der Waals surface area (Å²) in [6.45, 7) is 4.93. The second-order valence-electron chi connectivity index (χ2n) is 3.63. The number of hydrogen-bond acceptors (Lipinski definition) is 2. The van der Waals surface area contributed by atoms with Gasteiger partial charge in [0.05, 0.1) is 12.1 Å². The van der Waals surface area contributed by atoms with Crippen molar-refractivity contribution in [3.8, 4) is 5.75 Å². The zero-order valence-electron chi connectivity index (χ0n) is 9.16. The molecule has 2 rings (SSSR count). The summed E-state index contributed by atoms with van der Waals surface area (Å²) in [5, 5.41) is 1.10. The van der Waals surface area contributed by atoms with E-state index in [1.54, 1.807) is 0 Å². The molecule has 0 saturated heterocycles. The maximum atomic E-state index is 5.68. The molecule has 0 saturated carbocycles. The lowest BCUT2D eigenvalue weighted by atomic mass is 10.1. The first-order valence-corrected chi connectivity index (χ1v) is 5.30. The molecule has 0 N–H and O–H groups in total. The quantitative estimate of drug-likeness (QED) is 0.759. The third-order valence-corrected chi connectivity index (χ3v) is 2.39. The minimum absolute atomic E-state index is 0.757. The first kappa shape index (κ1) is 9.97. The predicted octanol–water partition coefficient (Wildman–Crippen LogP) is 3.33. The van der Waals surface area contributed by atoms with Crippen molar-refractivity contribution in [3.63, 3.8) is 0 Å². The Bertz CT molecular complexity index is 465. The third-order valence-electron chi connectivity index (χ3n) is 2.39. The summed E-state index contributed by atoms with van der Waals surface area (Å²) in [6.07, 6.45) is 2.84. The number of fused-ring (bicyclic) bond motifs is 1. The molecule has 0 aliphatic heterocycles. The first-order chi connectivity index (χ1) is 7.33. The van der Waals surface area contributed by atoms with Crippen molar-refractivity contribution in [2.45, 2.75) is 20.3 Å². The van der Waals surface area contributed by atoms with E-state index in [9.17, 15) is 0 Å². The van der Waals surface area contributed by atoms with Gasteiger partial charge in [-0.25, -0.2) is 0 Å². The second kappa shape index (κ2) is 4.30. The number of hydrogen-bond donors (Lipinski definition) is 0. The van der Waals surface area contributed by atoms with Crippen molar-refractivity contribution in [2.24, 2.45) is 0 Å². The maximum Gasteiger partial charge on any atom is 0.128 e. The SMILES string of the molecule is CCCOc1ccc(C)c2ncccc12. The molecule has 2 aromatic rings. The second-order valence-corrected chi connectivity index (χ2v) is 3.63. The highest BCUT2D eigenvalue weighted by molar-refractivity contribution is 5.87. The fourth-order valence-electron chi connectivity index (χ4n) is 1.63. The minimum Gasteiger partial charge on any atom is -0.493 e. The average Bonchev–Trinajstić information content (AvgIpc) is 2.29. The van der Waals surface area contributed by atoms with Crippen molar-refractivity contribution in [2.75, 3.05) is 6.61 Å². The Labute approximate surface area is 89.9 Å². The lowest BCUT2D eigenvalue weighted by molar-refractivity contribution is 0.321. The van der Waals surface area contributed by atoms with Gasteiger partial charge in [-0.1, -0.05) is 13.0 Å². The van der Waals surface area contributed by atoms with Crippen LogP contribution < -0.4 is 4.74 Å². The zero-order chi connectivity index (χ0) is 10.7. The molecule has 0 spiro atoms. The van der Waals surface area contributed by atoms with Crippen molar-refractivity contribution in [1.82, 2.24) is 4.98 Å². The molecule has 0 aliphatic carbocycles. The minimum atomic E-state index is 0.757. The van der Waals surface area contributed by atoms with E-state index in [1.807, 2.05) is 18.3 Å². The normalized spacial score (nSPS) is 10.5. The molecule has 1 aromatic carbocycles. The fraction of sp³-hybridized carbons (Fsp3) is 0.308. The Morgan fingerprint density at radius 2 is 2.13 bits per heavy atom. The summed E-state index contributed by atoms with van der Waals surface area (Å²) in [4.78, 5) is 4.37. The van der Waals surface area contributed by atoms with Gasteiger partial charge in [0.25, 0.3) is 0 Å². The van der Waals surface area contributed by atoms with Crippen molar-refractivity contribution in [3.05, 3.63) is 36.0 Å². The van der Waals surface area contributed by atoms with Crippen LogP contribution in [-0.4, -0.2) is 11.6 Å². The molecule has 0 unspecified atom stereocenters. The van der Waals surface area contributed by atoms with Crippen LogP contribution in [0.15, 0.2) is 30.5 Å². The molecule has 15 heavy (non-hydrogen) atoms. The van der Waals surface area contributed by atoms with Crippen LogP contribution >= 0.6 is 0 Å². The van der Waals surface area contributed by atoms with E-state index in [-0.39, 0.29) is 0 Å². The highest BCUT2D eigenvalue weighted by atomic mass is 16.5. The van der Waals surface area contributed by atoms with E-state index >= 15 is 0 Å². The average molecular weight is 201 g/mol. The third kappa shape index (κ3) is 1.94. The molecule has 0 atom stereocenters. The van der Waals surface area contributed by atoms with Gasteiger partial charge in [0, 0.05) is 11.6 Å². The summed E-state index contributed by atoms with van der Waals surface area (Å²) < 4.78 is 5.68. The fourth-order valence-corrected chi connectivity index (χ4v) is 1.63. The van der Waals surface area contributed by atoms with Gasteiger partial charge in [-0.2, -0.15) is 0 Å². The number of nitrogens with zero attached hydrogens (tertiary/aromatic N) is 1. The highest BCUT2D eigenvalue weighted by Gasteiger charge is 2.04. The summed E-state index contributed by atoms with van der Waals surface area (Å²) >= 11 is 0. The van der Waals surface area contributed by atoms with Gasteiger partial charge in [-0.05, 0) is 37.1 Å². The Hall–Kier alpha value is -1.57. The number of aryl methyl sites for hydroxylation is 1.